The molecule has 1 rings (SSSR count). The Morgan fingerprint density at radius 1 is 1.44 bits per heavy atom. The molecule has 2 unspecified atom stereocenters. The van der Waals surface area contributed by atoms with Crippen molar-refractivity contribution in [2.75, 3.05) is 30.5 Å². The third-order valence-corrected chi connectivity index (χ3v) is 3.62. The van der Waals surface area contributed by atoms with E-state index in [9.17, 15) is 5.11 Å². The van der Waals surface area contributed by atoms with Gasteiger partial charge in [-0.05, 0) is 19.2 Å². The van der Waals surface area contributed by atoms with Gasteiger partial charge in [-0.1, -0.05) is 0 Å². The van der Waals surface area contributed by atoms with E-state index < -0.39 is 0 Å². The monoisotopic (exact) mass is 241 g/mol. The van der Waals surface area contributed by atoms with E-state index in [0.717, 1.165) is 11.4 Å². The predicted octanol–water partition coefficient (Wildman–Crippen LogP) is 1.65. The van der Waals surface area contributed by atoms with Gasteiger partial charge < -0.3 is 15.7 Å². The fraction of sp³-hybridized carbons (Fsp3) is 0.545. The predicted molar refractivity (Wildman–Crippen MR) is 71.3 cm³/mol. The van der Waals surface area contributed by atoms with Gasteiger partial charge in [0.15, 0.2) is 0 Å². The van der Waals surface area contributed by atoms with E-state index in [1.165, 1.54) is 0 Å². The van der Waals surface area contributed by atoms with E-state index in [1.807, 2.05) is 19.4 Å². The van der Waals surface area contributed by atoms with E-state index in [0.29, 0.717) is 0 Å². The second kappa shape index (κ2) is 6.60. The Balaban J connectivity index is 2.64. The van der Waals surface area contributed by atoms with Gasteiger partial charge in [-0.15, -0.1) is 0 Å². The van der Waals surface area contributed by atoms with E-state index in [1.54, 1.807) is 24.2 Å². The number of anilines is 2. The number of hydrogen-bond acceptors (Lipinski definition) is 5. The Labute approximate surface area is 101 Å². The van der Waals surface area contributed by atoms with Crippen molar-refractivity contribution in [1.29, 1.82) is 0 Å². The molecule has 0 radical (unpaired) electrons. The molecule has 4 nitrogen and oxygen atoms in total. The van der Waals surface area contributed by atoms with E-state index in [4.69, 9.17) is 0 Å². The highest BCUT2D eigenvalue weighted by Gasteiger charge is 2.14. The van der Waals surface area contributed by atoms with Crippen molar-refractivity contribution in [3.05, 3.63) is 18.5 Å². The summed E-state index contributed by atoms with van der Waals surface area (Å²) in [5.41, 5.74) is 1.94. The molecular weight excluding hydrogens is 222 g/mol. The molecule has 0 aliphatic heterocycles. The van der Waals surface area contributed by atoms with Crippen LogP contribution in [-0.4, -0.2) is 41.3 Å². The summed E-state index contributed by atoms with van der Waals surface area (Å²) >= 11 is 1.66. The maximum Gasteiger partial charge on any atom is 0.0569 e. The van der Waals surface area contributed by atoms with Crippen LogP contribution in [0.3, 0.4) is 0 Å². The van der Waals surface area contributed by atoms with Crippen LogP contribution in [0.1, 0.15) is 6.92 Å². The third-order valence-electron chi connectivity index (χ3n) is 2.46. The normalized spacial score (nSPS) is 14.2. The molecule has 3 N–H and O–H groups in total. The van der Waals surface area contributed by atoms with Crippen LogP contribution in [0.15, 0.2) is 18.5 Å². The Morgan fingerprint density at radius 2 is 2.12 bits per heavy atom. The summed E-state index contributed by atoms with van der Waals surface area (Å²) in [6, 6.07) is 2.20. The molecule has 5 heteroatoms. The first kappa shape index (κ1) is 13.1. The summed E-state index contributed by atoms with van der Waals surface area (Å²) in [5.74, 6) is 0. The minimum Gasteiger partial charge on any atom is -0.395 e. The van der Waals surface area contributed by atoms with Crippen LogP contribution in [0.4, 0.5) is 11.4 Å². The van der Waals surface area contributed by atoms with Crippen molar-refractivity contribution in [2.45, 2.75) is 18.2 Å². The summed E-state index contributed by atoms with van der Waals surface area (Å²) in [5, 5.41) is 15.8. The van der Waals surface area contributed by atoms with Gasteiger partial charge in [0.25, 0.3) is 0 Å². The molecule has 0 bridgehead atoms. The van der Waals surface area contributed by atoms with Crippen LogP contribution in [0.25, 0.3) is 0 Å². The molecule has 0 amide bonds. The summed E-state index contributed by atoms with van der Waals surface area (Å²) < 4.78 is 0. The summed E-state index contributed by atoms with van der Waals surface area (Å²) in [4.78, 5) is 4.13. The highest BCUT2D eigenvalue weighted by molar-refractivity contribution is 7.99. The average Bonchev–Trinajstić information content (AvgIpc) is 2.31. The van der Waals surface area contributed by atoms with E-state index in [-0.39, 0.29) is 17.9 Å². The van der Waals surface area contributed by atoms with Gasteiger partial charge in [0.1, 0.15) is 0 Å². The molecule has 0 aliphatic rings. The minimum atomic E-state index is 0.175. The Kier molecular flexibility index (Phi) is 5.42. The molecule has 1 aromatic rings. The number of nitrogens with zero attached hydrogens (tertiary/aromatic N) is 1. The largest absolute Gasteiger partial charge is 0.395 e. The SMILES string of the molecule is CNc1cncc(NC(C)C(CO)SC)c1. The Bertz CT molecular complexity index is 318. The minimum absolute atomic E-state index is 0.175. The Morgan fingerprint density at radius 3 is 2.69 bits per heavy atom. The van der Waals surface area contributed by atoms with Gasteiger partial charge in [-0.2, -0.15) is 11.8 Å². The molecule has 1 heterocycles. The number of nitrogens with one attached hydrogen (secondary N) is 2. The van der Waals surface area contributed by atoms with Gasteiger partial charge >= 0.3 is 0 Å². The number of thioether (sulfide) groups is 1. The lowest BCUT2D eigenvalue weighted by Gasteiger charge is -2.22. The number of hydrogen-bond donors (Lipinski definition) is 3. The molecule has 90 valence electrons. The molecule has 0 spiro atoms. The van der Waals surface area contributed by atoms with Crippen molar-refractivity contribution in [1.82, 2.24) is 4.98 Å². The molecule has 16 heavy (non-hydrogen) atoms. The highest BCUT2D eigenvalue weighted by Crippen LogP contribution is 2.17. The molecule has 0 saturated heterocycles. The van der Waals surface area contributed by atoms with Gasteiger partial charge in [-0.3, -0.25) is 4.98 Å². The molecule has 1 aromatic heterocycles. The van der Waals surface area contributed by atoms with Crippen molar-refractivity contribution >= 4 is 23.1 Å². The average molecular weight is 241 g/mol. The van der Waals surface area contributed by atoms with Gasteiger partial charge in [0.2, 0.25) is 0 Å². The van der Waals surface area contributed by atoms with Crippen molar-refractivity contribution in [3.63, 3.8) is 0 Å². The molecule has 0 aliphatic carbocycles. The summed E-state index contributed by atoms with van der Waals surface area (Å²) in [7, 11) is 1.86. The maximum atomic E-state index is 9.19. The molecular formula is C11H19N3OS. The molecule has 0 fully saturated rings. The lowest BCUT2D eigenvalue weighted by atomic mass is 10.2. The second-order valence-electron chi connectivity index (χ2n) is 3.60. The highest BCUT2D eigenvalue weighted by atomic mass is 32.2. The van der Waals surface area contributed by atoms with Crippen LogP contribution in [0.2, 0.25) is 0 Å². The fourth-order valence-electron chi connectivity index (χ4n) is 1.45. The standard InChI is InChI=1S/C11H19N3OS/c1-8(11(7-15)16-3)14-10-4-9(12-2)5-13-6-10/h4-6,8,11-12,14-15H,7H2,1-3H3. The van der Waals surface area contributed by atoms with Crippen LogP contribution in [-0.2, 0) is 0 Å². The number of rotatable bonds is 6. The molecule has 2 atom stereocenters. The fourth-order valence-corrected chi connectivity index (χ4v) is 2.07. The second-order valence-corrected chi connectivity index (χ2v) is 4.68. The van der Waals surface area contributed by atoms with Gasteiger partial charge in [0.05, 0.1) is 30.4 Å². The number of pyridine rings is 1. The lowest BCUT2D eigenvalue weighted by molar-refractivity contribution is 0.288. The quantitative estimate of drug-likeness (QED) is 0.707. The third kappa shape index (κ3) is 3.57. The lowest BCUT2D eigenvalue weighted by Crippen LogP contribution is -2.30. The van der Waals surface area contributed by atoms with Crippen LogP contribution in [0.5, 0.6) is 0 Å². The number of aliphatic hydroxyl groups excluding tert-OH is 1. The van der Waals surface area contributed by atoms with Gasteiger partial charge in [0, 0.05) is 18.3 Å². The maximum absolute atomic E-state index is 9.19. The van der Waals surface area contributed by atoms with E-state index in [2.05, 4.69) is 22.5 Å². The summed E-state index contributed by atoms with van der Waals surface area (Å²) in [6.45, 7) is 2.23. The zero-order valence-electron chi connectivity index (χ0n) is 9.90. The number of aliphatic hydroxyl groups is 1. The first-order valence-corrected chi connectivity index (χ1v) is 6.53. The van der Waals surface area contributed by atoms with Crippen molar-refractivity contribution < 1.29 is 5.11 Å². The van der Waals surface area contributed by atoms with Crippen LogP contribution < -0.4 is 10.6 Å². The zero-order valence-corrected chi connectivity index (χ0v) is 10.7. The Hall–Kier alpha value is -0.940. The van der Waals surface area contributed by atoms with Crippen LogP contribution >= 0.6 is 11.8 Å². The summed E-state index contributed by atoms with van der Waals surface area (Å²) in [6.07, 6.45) is 5.56. The first-order chi connectivity index (χ1) is 7.71. The zero-order chi connectivity index (χ0) is 12.0. The van der Waals surface area contributed by atoms with Crippen LogP contribution in [0, 0.1) is 0 Å². The smallest absolute Gasteiger partial charge is 0.0569 e. The van der Waals surface area contributed by atoms with E-state index >= 15 is 0 Å². The topological polar surface area (TPSA) is 57.2 Å². The molecule has 0 saturated carbocycles. The van der Waals surface area contributed by atoms with Crippen molar-refractivity contribution in [2.24, 2.45) is 0 Å². The molecule has 0 aromatic carbocycles. The first-order valence-electron chi connectivity index (χ1n) is 5.24. The number of aromatic nitrogens is 1. The van der Waals surface area contributed by atoms with Crippen molar-refractivity contribution in [3.8, 4) is 0 Å². The van der Waals surface area contributed by atoms with Gasteiger partial charge in [-0.25, -0.2) is 0 Å².